The van der Waals surface area contributed by atoms with Crippen molar-refractivity contribution in [3.8, 4) is 11.4 Å². The highest BCUT2D eigenvalue weighted by Crippen LogP contribution is 2.29. The molecule has 0 unspecified atom stereocenters. The second-order valence-electron chi connectivity index (χ2n) is 8.33. The minimum atomic E-state index is -0.396. The quantitative estimate of drug-likeness (QED) is 0.632. The molecule has 6 nitrogen and oxygen atoms in total. The van der Waals surface area contributed by atoms with Crippen LogP contribution in [0.5, 0.6) is 0 Å². The largest absolute Gasteiger partial charge is 0.383 e. The van der Waals surface area contributed by atoms with E-state index in [0.717, 1.165) is 44.7 Å². The lowest BCUT2D eigenvalue weighted by Crippen LogP contribution is -2.38. The molecule has 2 aromatic carbocycles. The summed E-state index contributed by atoms with van der Waals surface area (Å²) in [6.07, 6.45) is 2.31. The zero-order valence-electron chi connectivity index (χ0n) is 17.8. The van der Waals surface area contributed by atoms with E-state index in [2.05, 4.69) is 9.80 Å². The molecule has 3 aliphatic rings. The molecule has 3 fully saturated rings. The van der Waals surface area contributed by atoms with Gasteiger partial charge in [0.25, 0.3) is 5.56 Å². The Morgan fingerprint density at radius 3 is 2.68 bits per heavy atom. The van der Waals surface area contributed by atoms with Crippen LogP contribution in [0.4, 0.5) is 10.1 Å². The molecular weight excluding hydrogens is 395 g/mol. The summed E-state index contributed by atoms with van der Waals surface area (Å²) in [5, 5.41) is 0.563. The Bertz CT molecular complexity index is 1150. The monoisotopic (exact) mass is 422 g/mol. The van der Waals surface area contributed by atoms with Crippen molar-refractivity contribution in [2.75, 3.05) is 44.8 Å². The van der Waals surface area contributed by atoms with E-state index in [-0.39, 0.29) is 5.56 Å². The molecule has 1 aromatic heterocycles. The number of halogens is 1. The van der Waals surface area contributed by atoms with Gasteiger partial charge in [-0.1, -0.05) is 12.1 Å². The fourth-order valence-corrected chi connectivity index (χ4v) is 4.85. The van der Waals surface area contributed by atoms with Crippen LogP contribution < -0.4 is 10.5 Å². The SMILES string of the molecule is COCCn1c(-c2ccccc2F)nc2ccc(N3CCN4CCC3CC4)cc2c1=O. The van der Waals surface area contributed by atoms with E-state index in [1.165, 1.54) is 10.6 Å². The molecule has 31 heavy (non-hydrogen) atoms. The summed E-state index contributed by atoms with van der Waals surface area (Å²) in [5.74, 6) is -0.0616. The molecule has 2 bridgehead atoms. The highest BCUT2D eigenvalue weighted by molar-refractivity contribution is 5.83. The smallest absolute Gasteiger partial charge is 0.261 e. The van der Waals surface area contributed by atoms with E-state index in [4.69, 9.17) is 9.72 Å². The van der Waals surface area contributed by atoms with Crippen molar-refractivity contribution in [2.24, 2.45) is 0 Å². The molecule has 0 radical (unpaired) electrons. The number of nitrogens with zero attached hydrogens (tertiary/aromatic N) is 4. The third-order valence-corrected chi connectivity index (χ3v) is 6.56. The predicted octanol–water partition coefficient (Wildman–Crippen LogP) is 3.13. The summed E-state index contributed by atoms with van der Waals surface area (Å²) in [4.78, 5) is 23.2. The van der Waals surface area contributed by atoms with Gasteiger partial charge >= 0.3 is 0 Å². The van der Waals surface area contributed by atoms with Crippen molar-refractivity contribution in [1.82, 2.24) is 14.5 Å². The number of methoxy groups -OCH3 is 1. The van der Waals surface area contributed by atoms with E-state index < -0.39 is 5.82 Å². The zero-order valence-corrected chi connectivity index (χ0v) is 17.8. The maximum Gasteiger partial charge on any atom is 0.261 e. The second-order valence-corrected chi connectivity index (χ2v) is 8.33. The van der Waals surface area contributed by atoms with Crippen LogP contribution >= 0.6 is 0 Å². The Kier molecular flexibility index (Phi) is 5.46. The molecule has 7 heteroatoms. The van der Waals surface area contributed by atoms with Crippen molar-refractivity contribution < 1.29 is 9.13 Å². The number of hydrogen-bond acceptors (Lipinski definition) is 5. The maximum atomic E-state index is 14.5. The normalized spacial score (nSPS) is 20.9. The Hall–Kier alpha value is -2.77. The van der Waals surface area contributed by atoms with Gasteiger partial charge in [-0.3, -0.25) is 9.36 Å². The van der Waals surface area contributed by atoms with Crippen molar-refractivity contribution in [2.45, 2.75) is 25.4 Å². The average Bonchev–Trinajstić information content (AvgIpc) is 3.13. The number of benzene rings is 2. The first-order valence-corrected chi connectivity index (χ1v) is 10.9. The number of fused-ring (bicyclic) bond motifs is 5. The number of aromatic nitrogens is 2. The maximum absolute atomic E-state index is 14.5. The molecule has 3 saturated heterocycles. The van der Waals surface area contributed by atoms with E-state index in [1.807, 2.05) is 18.2 Å². The number of piperidine rings is 1. The molecule has 0 aliphatic carbocycles. The van der Waals surface area contributed by atoms with Crippen LogP contribution in [0.1, 0.15) is 12.8 Å². The summed E-state index contributed by atoms with van der Waals surface area (Å²) in [6.45, 7) is 4.97. The van der Waals surface area contributed by atoms with Gasteiger partial charge in [-0.2, -0.15) is 0 Å². The van der Waals surface area contributed by atoms with E-state index in [0.29, 0.717) is 41.5 Å². The van der Waals surface area contributed by atoms with Gasteiger partial charge in [0.1, 0.15) is 11.6 Å². The third-order valence-electron chi connectivity index (χ3n) is 6.56. The fourth-order valence-electron chi connectivity index (χ4n) is 4.85. The van der Waals surface area contributed by atoms with E-state index in [1.54, 1.807) is 25.3 Å². The highest BCUT2D eigenvalue weighted by Gasteiger charge is 2.29. The van der Waals surface area contributed by atoms with Gasteiger partial charge in [0, 0.05) is 45.0 Å². The third kappa shape index (κ3) is 3.72. The molecule has 0 amide bonds. The van der Waals surface area contributed by atoms with Crippen molar-refractivity contribution in [3.63, 3.8) is 0 Å². The number of hydrogen-bond donors (Lipinski definition) is 0. The Balaban J connectivity index is 1.63. The van der Waals surface area contributed by atoms with Crippen LogP contribution in [0.15, 0.2) is 47.3 Å². The average molecular weight is 423 g/mol. The van der Waals surface area contributed by atoms with Gasteiger partial charge in [-0.05, 0) is 43.2 Å². The minimum Gasteiger partial charge on any atom is -0.383 e. The van der Waals surface area contributed by atoms with Crippen LogP contribution in [-0.4, -0.2) is 60.4 Å². The topological polar surface area (TPSA) is 50.6 Å². The van der Waals surface area contributed by atoms with Crippen LogP contribution in [-0.2, 0) is 11.3 Å². The first-order chi connectivity index (χ1) is 15.2. The molecule has 3 aromatic rings. The molecule has 0 saturated carbocycles. The summed E-state index contributed by atoms with van der Waals surface area (Å²) in [6, 6.07) is 12.9. The standard InChI is InChI=1S/C24H27FN4O2/c1-31-15-14-29-23(19-4-2-3-5-21(19)25)26-22-7-6-18(16-20(22)24(29)30)28-13-12-27-10-8-17(28)9-11-27/h2-7,16-17H,8-15H2,1H3. The lowest BCUT2D eigenvalue weighted by molar-refractivity contribution is 0.186. The Morgan fingerprint density at radius 1 is 1.10 bits per heavy atom. The molecule has 4 heterocycles. The van der Waals surface area contributed by atoms with E-state index >= 15 is 0 Å². The minimum absolute atomic E-state index is 0.162. The van der Waals surface area contributed by atoms with Crippen LogP contribution in [0.25, 0.3) is 22.3 Å². The number of anilines is 1. The Morgan fingerprint density at radius 2 is 1.90 bits per heavy atom. The molecule has 0 spiro atoms. The van der Waals surface area contributed by atoms with Crippen molar-refractivity contribution in [3.05, 3.63) is 58.6 Å². The lowest BCUT2D eigenvalue weighted by Gasteiger charge is -2.33. The molecule has 6 rings (SSSR count). The Labute approximate surface area is 180 Å². The van der Waals surface area contributed by atoms with E-state index in [9.17, 15) is 9.18 Å². The lowest BCUT2D eigenvalue weighted by atomic mass is 10.0. The van der Waals surface area contributed by atoms with Crippen LogP contribution in [0.3, 0.4) is 0 Å². The van der Waals surface area contributed by atoms with Gasteiger partial charge in [-0.15, -0.1) is 0 Å². The fraction of sp³-hybridized carbons (Fsp3) is 0.417. The second kappa shape index (κ2) is 8.40. The molecule has 0 atom stereocenters. The summed E-state index contributed by atoms with van der Waals surface area (Å²) in [7, 11) is 1.59. The molecular formula is C24H27FN4O2. The zero-order chi connectivity index (χ0) is 21.4. The molecule has 3 aliphatic heterocycles. The van der Waals surface area contributed by atoms with Gasteiger partial charge < -0.3 is 14.5 Å². The van der Waals surface area contributed by atoms with Crippen molar-refractivity contribution in [1.29, 1.82) is 0 Å². The summed E-state index contributed by atoms with van der Waals surface area (Å²) >= 11 is 0. The van der Waals surface area contributed by atoms with Crippen LogP contribution in [0, 0.1) is 5.82 Å². The summed E-state index contributed by atoms with van der Waals surface area (Å²) in [5.41, 5.74) is 1.81. The molecule has 0 N–H and O–H groups in total. The number of ether oxygens (including phenoxy) is 1. The van der Waals surface area contributed by atoms with Gasteiger partial charge in [0.05, 0.1) is 29.6 Å². The summed E-state index contributed by atoms with van der Waals surface area (Å²) < 4.78 is 21.3. The van der Waals surface area contributed by atoms with Crippen LogP contribution in [0.2, 0.25) is 0 Å². The highest BCUT2D eigenvalue weighted by atomic mass is 19.1. The molecule has 162 valence electrons. The van der Waals surface area contributed by atoms with Gasteiger partial charge in [0.2, 0.25) is 0 Å². The van der Waals surface area contributed by atoms with Crippen molar-refractivity contribution >= 4 is 16.6 Å². The first-order valence-electron chi connectivity index (χ1n) is 10.9. The number of rotatable bonds is 5. The van der Waals surface area contributed by atoms with Gasteiger partial charge in [0.15, 0.2) is 0 Å². The predicted molar refractivity (Wildman–Crippen MR) is 120 cm³/mol. The first kappa shape index (κ1) is 20.2. The van der Waals surface area contributed by atoms with Gasteiger partial charge in [-0.25, -0.2) is 9.37 Å².